The monoisotopic (exact) mass is 453 g/mol. The van der Waals surface area contributed by atoms with Crippen LogP contribution in [-0.4, -0.2) is 24.5 Å². The summed E-state index contributed by atoms with van der Waals surface area (Å²) in [6, 6.07) is 16.9. The van der Waals surface area contributed by atoms with Crippen LogP contribution in [0.25, 0.3) is 0 Å². The summed E-state index contributed by atoms with van der Waals surface area (Å²) in [5.41, 5.74) is 1.38. The van der Waals surface area contributed by atoms with Gasteiger partial charge in [0, 0.05) is 12.6 Å². The number of rotatable bonds is 10. The molecule has 0 amide bonds. The minimum Gasteiger partial charge on any atom is -0.303 e. The molecule has 2 aromatic rings. The Morgan fingerprint density at radius 2 is 1.33 bits per heavy atom. The van der Waals surface area contributed by atoms with E-state index in [1.807, 2.05) is 18.2 Å². The molecule has 0 spiro atoms. The summed E-state index contributed by atoms with van der Waals surface area (Å²) in [6.07, 6.45) is 9.82. The molecule has 2 aliphatic rings. The number of nitrogens with zero attached hydrogens (tertiary/aromatic N) is 1. The van der Waals surface area contributed by atoms with E-state index >= 15 is 8.78 Å². The predicted octanol–water partition coefficient (Wildman–Crippen LogP) is 8.05. The molecule has 2 saturated carbocycles. The zero-order valence-electron chi connectivity index (χ0n) is 20.6. The minimum absolute atomic E-state index is 0.410. The topological polar surface area (TPSA) is 3.24 Å². The van der Waals surface area contributed by atoms with Gasteiger partial charge in [-0.2, -0.15) is 0 Å². The molecule has 1 atom stereocenters. The van der Waals surface area contributed by atoms with Crippen molar-refractivity contribution in [2.45, 2.75) is 101 Å². The predicted molar refractivity (Wildman–Crippen MR) is 134 cm³/mol. The first-order valence-corrected chi connectivity index (χ1v) is 13.2. The lowest BCUT2D eigenvalue weighted by molar-refractivity contribution is 0.161. The highest BCUT2D eigenvalue weighted by molar-refractivity contribution is 5.43. The van der Waals surface area contributed by atoms with Crippen molar-refractivity contribution in [1.82, 2.24) is 4.90 Å². The SMILES string of the molecule is CCC(CCc1c(C2(F)CCCC2)cccc1C1(F)CCCC1)N(C)CCc1ccccc1. The zero-order chi connectivity index (χ0) is 23.3. The highest BCUT2D eigenvalue weighted by Gasteiger charge is 2.42. The Morgan fingerprint density at radius 1 is 0.788 bits per heavy atom. The van der Waals surface area contributed by atoms with Crippen LogP contribution < -0.4 is 0 Å². The molecule has 0 heterocycles. The van der Waals surface area contributed by atoms with Crippen LogP contribution >= 0.6 is 0 Å². The summed E-state index contributed by atoms with van der Waals surface area (Å²) >= 11 is 0. The molecular formula is C30H41F2N. The van der Waals surface area contributed by atoms with Gasteiger partial charge in [-0.1, -0.05) is 55.5 Å². The van der Waals surface area contributed by atoms with Crippen LogP contribution in [-0.2, 0) is 24.2 Å². The summed E-state index contributed by atoms with van der Waals surface area (Å²) in [4.78, 5) is 2.44. The van der Waals surface area contributed by atoms with Crippen LogP contribution in [0.5, 0.6) is 0 Å². The van der Waals surface area contributed by atoms with Gasteiger partial charge in [0.1, 0.15) is 11.3 Å². The number of benzene rings is 2. The summed E-state index contributed by atoms with van der Waals surface area (Å²) in [5.74, 6) is 0. The first-order chi connectivity index (χ1) is 16.0. The molecule has 3 heteroatoms. The Kier molecular flexibility index (Phi) is 7.89. The maximum Gasteiger partial charge on any atom is 0.136 e. The summed E-state index contributed by atoms with van der Waals surface area (Å²) < 4.78 is 32.1. The van der Waals surface area contributed by atoms with Gasteiger partial charge in [-0.05, 0) is 106 Å². The standard InChI is InChI=1S/C30H41F2N/c1-3-25(33(2)23-18-24-12-5-4-6-13-24)16-17-26-27(29(31)19-7-8-20-29)14-11-15-28(26)30(32)21-9-10-22-30/h4-6,11-15,25H,3,7-10,16-23H2,1-2H3. The number of hydrogen-bond donors (Lipinski definition) is 0. The molecule has 180 valence electrons. The fourth-order valence-electron chi connectivity index (χ4n) is 6.29. The third kappa shape index (κ3) is 5.50. The fraction of sp³-hybridized carbons (Fsp3) is 0.600. The van der Waals surface area contributed by atoms with E-state index in [9.17, 15) is 0 Å². The lowest BCUT2D eigenvalue weighted by Crippen LogP contribution is -2.34. The van der Waals surface area contributed by atoms with Crippen molar-refractivity contribution in [1.29, 1.82) is 0 Å². The molecular weight excluding hydrogens is 412 g/mol. The molecule has 2 fully saturated rings. The molecule has 0 aliphatic heterocycles. The zero-order valence-corrected chi connectivity index (χ0v) is 20.6. The average Bonchev–Trinajstić information content (AvgIpc) is 3.48. The van der Waals surface area contributed by atoms with Crippen LogP contribution in [0.15, 0.2) is 48.5 Å². The summed E-state index contributed by atoms with van der Waals surface area (Å²) in [5, 5.41) is 0. The van der Waals surface area contributed by atoms with Crippen molar-refractivity contribution < 1.29 is 8.78 Å². The van der Waals surface area contributed by atoms with Crippen molar-refractivity contribution in [3.63, 3.8) is 0 Å². The lowest BCUT2D eigenvalue weighted by Gasteiger charge is -2.32. The van der Waals surface area contributed by atoms with E-state index < -0.39 is 11.3 Å². The third-order valence-corrected chi connectivity index (χ3v) is 8.35. The molecule has 2 aliphatic carbocycles. The summed E-state index contributed by atoms with van der Waals surface area (Å²) in [6.45, 7) is 3.23. The van der Waals surface area contributed by atoms with Gasteiger partial charge in [0.2, 0.25) is 0 Å². The van der Waals surface area contributed by atoms with E-state index in [-0.39, 0.29) is 0 Å². The van der Waals surface area contributed by atoms with Gasteiger partial charge in [-0.25, -0.2) is 8.78 Å². The Labute approximate surface area is 199 Å². The molecule has 0 radical (unpaired) electrons. The number of hydrogen-bond acceptors (Lipinski definition) is 1. The molecule has 0 N–H and O–H groups in total. The highest BCUT2D eigenvalue weighted by atomic mass is 19.1. The van der Waals surface area contributed by atoms with Crippen molar-refractivity contribution in [2.24, 2.45) is 0 Å². The smallest absolute Gasteiger partial charge is 0.136 e. The second kappa shape index (κ2) is 10.7. The second-order valence-electron chi connectivity index (χ2n) is 10.5. The van der Waals surface area contributed by atoms with E-state index in [1.54, 1.807) is 0 Å². The fourth-order valence-corrected chi connectivity index (χ4v) is 6.29. The van der Waals surface area contributed by atoms with Crippen molar-refractivity contribution in [3.8, 4) is 0 Å². The molecule has 0 saturated heterocycles. The van der Waals surface area contributed by atoms with Gasteiger partial charge < -0.3 is 4.90 Å². The van der Waals surface area contributed by atoms with Crippen molar-refractivity contribution >= 4 is 0 Å². The maximum atomic E-state index is 16.0. The van der Waals surface area contributed by atoms with Gasteiger partial charge in [-0.3, -0.25) is 0 Å². The van der Waals surface area contributed by atoms with Crippen molar-refractivity contribution in [2.75, 3.05) is 13.6 Å². The molecule has 1 nitrogen and oxygen atoms in total. The van der Waals surface area contributed by atoms with Gasteiger partial charge >= 0.3 is 0 Å². The molecule has 33 heavy (non-hydrogen) atoms. The van der Waals surface area contributed by atoms with Crippen LogP contribution in [0.2, 0.25) is 0 Å². The van der Waals surface area contributed by atoms with Gasteiger partial charge in [0.25, 0.3) is 0 Å². The van der Waals surface area contributed by atoms with E-state index in [0.29, 0.717) is 31.7 Å². The number of alkyl halides is 2. The number of halogens is 2. The van der Waals surface area contributed by atoms with E-state index in [1.165, 1.54) is 5.56 Å². The number of likely N-dealkylation sites (N-methyl/N-ethyl adjacent to an activating group) is 1. The van der Waals surface area contributed by atoms with E-state index in [2.05, 4.69) is 49.2 Å². The molecule has 1 unspecified atom stereocenters. The van der Waals surface area contributed by atoms with Gasteiger partial charge in [0.05, 0.1) is 0 Å². The van der Waals surface area contributed by atoms with Crippen LogP contribution in [0.1, 0.15) is 93.4 Å². The van der Waals surface area contributed by atoms with E-state index in [0.717, 1.165) is 74.6 Å². The van der Waals surface area contributed by atoms with E-state index in [4.69, 9.17) is 0 Å². The normalized spacial score (nSPS) is 20.4. The first-order valence-electron chi connectivity index (χ1n) is 13.2. The van der Waals surface area contributed by atoms with Gasteiger partial charge in [-0.15, -0.1) is 0 Å². The maximum absolute atomic E-state index is 16.0. The Hall–Kier alpha value is -1.74. The Morgan fingerprint density at radius 3 is 1.85 bits per heavy atom. The Balaban J connectivity index is 1.54. The quantitative estimate of drug-likeness (QED) is 0.352. The van der Waals surface area contributed by atoms with Crippen LogP contribution in [0.3, 0.4) is 0 Å². The minimum atomic E-state index is -1.28. The highest BCUT2D eigenvalue weighted by Crippen LogP contribution is 2.49. The molecule has 4 rings (SSSR count). The third-order valence-electron chi connectivity index (χ3n) is 8.35. The molecule has 0 bridgehead atoms. The average molecular weight is 454 g/mol. The summed E-state index contributed by atoms with van der Waals surface area (Å²) in [7, 11) is 2.20. The van der Waals surface area contributed by atoms with Crippen molar-refractivity contribution in [3.05, 3.63) is 70.8 Å². The largest absolute Gasteiger partial charge is 0.303 e. The Bertz CT molecular complexity index is 841. The van der Waals surface area contributed by atoms with Crippen LogP contribution in [0, 0.1) is 0 Å². The molecule has 2 aromatic carbocycles. The first kappa shape index (κ1) is 24.4. The van der Waals surface area contributed by atoms with Gasteiger partial charge in [0.15, 0.2) is 0 Å². The lowest BCUT2D eigenvalue weighted by atomic mass is 9.80. The second-order valence-corrected chi connectivity index (χ2v) is 10.5. The van der Waals surface area contributed by atoms with Crippen LogP contribution in [0.4, 0.5) is 8.78 Å². The molecule has 0 aromatic heterocycles.